The van der Waals surface area contributed by atoms with Crippen LogP contribution in [0.25, 0.3) is 0 Å². The van der Waals surface area contributed by atoms with Gasteiger partial charge in [-0.25, -0.2) is 0 Å². The number of benzene rings is 1. The van der Waals surface area contributed by atoms with Crippen LogP contribution in [0.1, 0.15) is 31.5 Å². The molecule has 4 nitrogen and oxygen atoms in total. The third kappa shape index (κ3) is 2.89. The van der Waals surface area contributed by atoms with Gasteiger partial charge in [-0.3, -0.25) is 4.68 Å². The summed E-state index contributed by atoms with van der Waals surface area (Å²) in [4.78, 5) is 0. The van der Waals surface area contributed by atoms with E-state index < -0.39 is 0 Å². The molecule has 0 amide bonds. The molecule has 0 aliphatic carbocycles. The number of hydrogen-bond acceptors (Lipinski definition) is 3. The summed E-state index contributed by atoms with van der Waals surface area (Å²) >= 11 is 0. The summed E-state index contributed by atoms with van der Waals surface area (Å²) in [7, 11) is 1.92. The van der Waals surface area contributed by atoms with Crippen molar-refractivity contribution in [3.63, 3.8) is 0 Å². The lowest BCUT2D eigenvalue weighted by molar-refractivity contribution is 0.740. The summed E-state index contributed by atoms with van der Waals surface area (Å²) in [5, 5.41) is 7.84. The second-order valence-electron chi connectivity index (χ2n) is 4.76. The van der Waals surface area contributed by atoms with Crippen LogP contribution in [0.4, 0.5) is 17.2 Å². The molecule has 0 radical (unpaired) electrons. The van der Waals surface area contributed by atoms with Crippen LogP contribution >= 0.6 is 0 Å². The zero-order valence-corrected chi connectivity index (χ0v) is 11.9. The van der Waals surface area contributed by atoms with Gasteiger partial charge in [0.1, 0.15) is 0 Å². The molecule has 0 unspecified atom stereocenters. The number of aryl methyl sites for hydroxylation is 3. The van der Waals surface area contributed by atoms with Crippen molar-refractivity contribution in [3.8, 4) is 0 Å². The minimum Gasteiger partial charge on any atom is -0.394 e. The highest BCUT2D eigenvalue weighted by molar-refractivity contribution is 5.71. The number of nitrogens with zero attached hydrogens (tertiary/aromatic N) is 2. The highest BCUT2D eigenvalue weighted by Gasteiger charge is 2.12. The number of rotatable bonds is 5. The summed E-state index contributed by atoms with van der Waals surface area (Å²) in [5.41, 5.74) is 10.2. The Morgan fingerprint density at radius 2 is 2.11 bits per heavy atom. The third-order valence-corrected chi connectivity index (χ3v) is 3.25. The second-order valence-corrected chi connectivity index (χ2v) is 4.76. The minimum absolute atomic E-state index is 0.756. The summed E-state index contributed by atoms with van der Waals surface area (Å²) < 4.78 is 1.82. The normalized spacial score (nSPS) is 10.7. The lowest BCUT2D eigenvalue weighted by Crippen LogP contribution is -2.01. The number of nitrogens with one attached hydrogen (secondary N) is 1. The maximum atomic E-state index is 6.16. The smallest absolute Gasteiger partial charge is 0.152 e. The SMILES string of the molecule is CCCc1nn(C)c(Nc2cccc(CC)c2)c1N. The molecule has 1 aromatic heterocycles. The van der Waals surface area contributed by atoms with Crippen LogP contribution in [-0.2, 0) is 19.9 Å². The van der Waals surface area contributed by atoms with Crippen LogP contribution in [0.5, 0.6) is 0 Å². The van der Waals surface area contributed by atoms with E-state index in [0.29, 0.717) is 0 Å². The van der Waals surface area contributed by atoms with Gasteiger partial charge in [-0.15, -0.1) is 0 Å². The molecule has 0 saturated carbocycles. The van der Waals surface area contributed by atoms with Crippen molar-refractivity contribution < 1.29 is 0 Å². The first-order valence-corrected chi connectivity index (χ1v) is 6.83. The fourth-order valence-corrected chi connectivity index (χ4v) is 2.17. The Hall–Kier alpha value is -1.97. The monoisotopic (exact) mass is 258 g/mol. The van der Waals surface area contributed by atoms with E-state index in [9.17, 15) is 0 Å². The molecule has 1 aromatic carbocycles. The number of nitrogen functional groups attached to an aromatic ring is 1. The van der Waals surface area contributed by atoms with Gasteiger partial charge < -0.3 is 11.1 Å². The van der Waals surface area contributed by atoms with Crippen molar-refractivity contribution in [1.29, 1.82) is 0 Å². The lowest BCUT2D eigenvalue weighted by Gasteiger charge is -2.09. The first-order valence-electron chi connectivity index (χ1n) is 6.83. The van der Waals surface area contributed by atoms with Crippen LogP contribution in [0, 0.1) is 0 Å². The van der Waals surface area contributed by atoms with E-state index in [1.54, 1.807) is 0 Å². The summed E-state index contributed by atoms with van der Waals surface area (Å²) in [5.74, 6) is 0.872. The van der Waals surface area contributed by atoms with Gasteiger partial charge in [0.15, 0.2) is 5.82 Å². The molecular weight excluding hydrogens is 236 g/mol. The Morgan fingerprint density at radius 3 is 2.79 bits per heavy atom. The van der Waals surface area contributed by atoms with Crippen molar-refractivity contribution >= 4 is 17.2 Å². The Labute approximate surface area is 114 Å². The highest BCUT2D eigenvalue weighted by Crippen LogP contribution is 2.26. The first kappa shape index (κ1) is 13.5. The molecule has 0 aliphatic rings. The number of anilines is 3. The molecule has 0 aliphatic heterocycles. The van der Waals surface area contributed by atoms with Crippen LogP contribution in [0.3, 0.4) is 0 Å². The zero-order chi connectivity index (χ0) is 13.8. The molecule has 4 heteroatoms. The van der Waals surface area contributed by atoms with Gasteiger partial charge in [-0.2, -0.15) is 5.10 Å². The predicted octanol–water partition coefficient (Wildman–Crippen LogP) is 3.26. The third-order valence-electron chi connectivity index (χ3n) is 3.25. The van der Waals surface area contributed by atoms with Crippen LogP contribution in [-0.4, -0.2) is 9.78 Å². The maximum absolute atomic E-state index is 6.16. The average molecular weight is 258 g/mol. The lowest BCUT2D eigenvalue weighted by atomic mass is 10.1. The van der Waals surface area contributed by atoms with Gasteiger partial charge >= 0.3 is 0 Å². The first-order chi connectivity index (χ1) is 9.15. The Bertz CT molecular complexity index is 557. The molecule has 2 aromatic rings. The molecule has 2 rings (SSSR count). The number of aromatic nitrogens is 2. The zero-order valence-electron chi connectivity index (χ0n) is 11.9. The van der Waals surface area contributed by atoms with Gasteiger partial charge in [-0.1, -0.05) is 32.4 Å². The van der Waals surface area contributed by atoms with E-state index in [-0.39, 0.29) is 0 Å². The molecule has 0 fully saturated rings. The van der Waals surface area contributed by atoms with Gasteiger partial charge in [0.05, 0.1) is 11.4 Å². The van der Waals surface area contributed by atoms with Crippen molar-refractivity contribution in [2.45, 2.75) is 33.1 Å². The molecule has 0 bridgehead atoms. The van der Waals surface area contributed by atoms with Gasteiger partial charge in [0.25, 0.3) is 0 Å². The maximum Gasteiger partial charge on any atom is 0.152 e. The molecule has 3 N–H and O–H groups in total. The van der Waals surface area contributed by atoms with E-state index in [4.69, 9.17) is 5.73 Å². The van der Waals surface area contributed by atoms with Crippen molar-refractivity contribution in [3.05, 3.63) is 35.5 Å². The average Bonchev–Trinajstić information content (AvgIpc) is 2.67. The molecule has 0 atom stereocenters. The molecule has 102 valence electrons. The van der Waals surface area contributed by atoms with E-state index in [2.05, 4.69) is 42.5 Å². The van der Waals surface area contributed by atoms with Crippen molar-refractivity contribution in [2.75, 3.05) is 11.1 Å². The molecule has 19 heavy (non-hydrogen) atoms. The quantitative estimate of drug-likeness (QED) is 0.865. The molecule has 0 spiro atoms. The van der Waals surface area contributed by atoms with Gasteiger partial charge in [0.2, 0.25) is 0 Å². The Morgan fingerprint density at radius 1 is 1.32 bits per heavy atom. The minimum atomic E-state index is 0.756. The Kier molecular flexibility index (Phi) is 4.10. The number of nitrogens with two attached hydrogens (primary N) is 1. The van der Waals surface area contributed by atoms with E-state index in [0.717, 1.165) is 42.1 Å². The molecule has 1 heterocycles. The summed E-state index contributed by atoms with van der Waals surface area (Å²) in [6.07, 6.45) is 2.99. The van der Waals surface area contributed by atoms with Crippen molar-refractivity contribution in [1.82, 2.24) is 9.78 Å². The van der Waals surface area contributed by atoms with E-state index >= 15 is 0 Å². The van der Waals surface area contributed by atoms with Gasteiger partial charge in [0, 0.05) is 12.7 Å². The van der Waals surface area contributed by atoms with Crippen LogP contribution < -0.4 is 11.1 Å². The number of hydrogen-bond donors (Lipinski definition) is 2. The van der Waals surface area contributed by atoms with Gasteiger partial charge in [-0.05, 0) is 30.5 Å². The second kappa shape index (κ2) is 5.78. The Balaban J connectivity index is 2.27. The largest absolute Gasteiger partial charge is 0.394 e. The van der Waals surface area contributed by atoms with Crippen LogP contribution in [0.2, 0.25) is 0 Å². The fraction of sp³-hybridized carbons (Fsp3) is 0.400. The van der Waals surface area contributed by atoms with E-state index in [1.165, 1.54) is 5.56 Å². The van der Waals surface area contributed by atoms with Crippen molar-refractivity contribution in [2.24, 2.45) is 7.05 Å². The highest BCUT2D eigenvalue weighted by atomic mass is 15.3. The predicted molar refractivity (Wildman–Crippen MR) is 80.7 cm³/mol. The van der Waals surface area contributed by atoms with E-state index in [1.807, 2.05) is 17.8 Å². The van der Waals surface area contributed by atoms with Crippen LogP contribution in [0.15, 0.2) is 24.3 Å². The standard InChI is InChI=1S/C15H22N4/c1-4-7-13-14(16)15(19(3)18-13)17-12-9-6-8-11(5-2)10-12/h6,8-10,17H,4-5,7,16H2,1-3H3. The fourth-order valence-electron chi connectivity index (χ4n) is 2.17. The molecular formula is C15H22N4. The summed E-state index contributed by atoms with van der Waals surface area (Å²) in [6.45, 7) is 4.28. The summed E-state index contributed by atoms with van der Waals surface area (Å²) in [6, 6.07) is 8.37. The molecule has 0 saturated heterocycles. The topological polar surface area (TPSA) is 55.9 Å².